The second-order valence-electron chi connectivity index (χ2n) is 11.1. The lowest BCUT2D eigenvalue weighted by atomic mass is 9.87. The summed E-state index contributed by atoms with van der Waals surface area (Å²) >= 11 is 0. The molecule has 2 N–H and O–H groups in total. The molecule has 1 heterocycles. The van der Waals surface area contributed by atoms with Gasteiger partial charge < -0.3 is 20.3 Å². The third-order valence-corrected chi connectivity index (χ3v) is 7.41. The Hall–Kier alpha value is -3.14. The third kappa shape index (κ3) is 8.72. The lowest BCUT2D eigenvalue weighted by molar-refractivity contribution is -0.124. The molecule has 3 rings (SSSR count). The highest BCUT2D eigenvalue weighted by atomic mass is 32.2. The fourth-order valence-electron chi connectivity index (χ4n) is 4.59. The van der Waals surface area contributed by atoms with E-state index in [1.165, 1.54) is 19.2 Å². The Morgan fingerprint density at radius 3 is 2.53 bits per heavy atom. The first-order valence-electron chi connectivity index (χ1n) is 12.7. The molecule has 2 aromatic carbocycles. The first-order valence-corrected chi connectivity index (χ1v) is 14.8. The van der Waals surface area contributed by atoms with Crippen molar-refractivity contribution in [2.24, 2.45) is 5.41 Å². The molecule has 1 aliphatic heterocycles. The average molecular weight is 548 g/mol. The number of methoxy groups -OCH3 is 1. The van der Waals surface area contributed by atoms with Crippen LogP contribution in [0.4, 0.5) is 10.1 Å². The molecule has 38 heavy (non-hydrogen) atoms. The van der Waals surface area contributed by atoms with Gasteiger partial charge in [-0.2, -0.15) is 0 Å². The van der Waals surface area contributed by atoms with E-state index >= 15 is 0 Å². The lowest BCUT2D eigenvalue weighted by Crippen LogP contribution is -2.53. The van der Waals surface area contributed by atoms with Gasteiger partial charge in [0.1, 0.15) is 27.4 Å². The van der Waals surface area contributed by atoms with Gasteiger partial charge >= 0.3 is 0 Å². The van der Waals surface area contributed by atoms with Crippen LogP contribution in [0.1, 0.15) is 49.5 Å². The predicted octanol–water partition coefficient (Wildman–Crippen LogP) is 3.35. The quantitative estimate of drug-likeness (QED) is 0.447. The van der Waals surface area contributed by atoms with E-state index in [0.717, 1.165) is 17.5 Å². The van der Waals surface area contributed by atoms with Crippen molar-refractivity contribution in [2.75, 3.05) is 37.1 Å². The number of ether oxygens (including phenoxy) is 1. The smallest absolute Gasteiger partial charge is 0.252 e. The summed E-state index contributed by atoms with van der Waals surface area (Å²) in [6, 6.07) is 9.96. The second-order valence-corrected chi connectivity index (χ2v) is 13.4. The number of carbonyl (C=O) groups is 2. The molecule has 0 fully saturated rings. The van der Waals surface area contributed by atoms with Crippen LogP contribution in [0.25, 0.3) is 0 Å². The van der Waals surface area contributed by atoms with E-state index in [1.54, 1.807) is 30.3 Å². The van der Waals surface area contributed by atoms with E-state index < -0.39 is 27.8 Å². The number of carbonyl (C=O) groups excluding carboxylic acids is 2. The molecule has 0 aromatic heterocycles. The van der Waals surface area contributed by atoms with Gasteiger partial charge in [0.05, 0.1) is 12.9 Å². The molecule has 1 aliphatic rings. The molecule has 0 spiro atoms. The number of hydrogen-bond acceptors (Lipinski definition) is 6. The standard InChI is InChI=1S/C28H38FN3O5S/c1-28(2,3)17-24(31-26(33)20-7-6-8-23(16-20)37-4)27(34)30-22(12-14-38(5,35)36)18-32-13-11-19-15-21(29)9-10-25(19)32/h6-10,15-16,22,24H,11-14,17-18H2,1-5H3,(H,30,34)(H,31,33)/t22-,24-/m0/s1. The minimum atomic E-state index is -3.27. The topological polar surface area (TPSA) is 105 Å². The molecule has 0 bridgehead atoms. The van der Waals surface area contributed by atoms with Gasteiger partial charge in [-0.1, -0.05) is 26.8 Å². The molecule has 0 aliphatic carbocycles. The predicted molar refractivity (Wildman–Crippen MR) is 147 cm³/mol. The van der Waals surface area contributed by atoms with Gasteiger partial charge in [0.25, 0.3) is 5.91 Å². The highest BCUT2D eigenvalue weighted by Crippen LogP contribution is 2.29. The van der Waals surface area contributed by atoms with E-state index in [4.69, 9.17) is 4.74 Å². The van der Waals surface area contributed by atoms with Gasteiger partial charge in [0.2, 0.25) is 5.91 Å². The number of nitrogens with zero attached hydrogens (tertiary/aromatic N) is 1. The number of fused-ring (bicyclic) bond motifs is 1. The van der Waals surface area contributed by atoms with Crippen molar-refractivity contribution >= 4 is 27.3 Å². The zero-order chi connectivity index (χ0) is 28.1. The molecule has 0 saturated heterocycles. The number of anilines is 1. The van der Waals surface area contributed by atoms with Crippen molar-refractivity contribution in [1.82, 2.24) is 10.6 Å². The molecular weight excluding hydrogens is 509 g/mol. The number of rotatable bonds is 11. The summed E-state index contributed by atoms with van der Waals surface area (Å²) in [7, 11) is -1.75. The average Bonchev–Trinajstić information content (AvgIpc) is 3.22. The largest absolute Gasteiger partial charge is 0.497 e. The van der Waals surface area contributed by atoms with E-state index in [2.05, 4.69) is 10.6 Å². The van der Waals surface area contributed by atoms with Crippen LogP contribution < -0.4 is 20.3 Å². The van der Waals surface area contributed by atoms with E-state index in [0.29, 0.717) is 37.2 Å². The van der Waals surface area contributed by atoms with Crippen LogP contribution in [0.15, 0.2) is 42.5 Å². The van der Waals surface area contributed by atoms with Crippen LogP contribution in [0.5, 0.6) is 5.75 Å². The van der Waals surface area contributed by atoms with Crippen LogP contribution in [0.3, 0.4) is 0 Å². The van der Waals surface area contributed by atoms with Gasteiger partial charge in [-0.05, 0) is 66.6 Å². The number of amides is 2. The normalized spacial score (nSPS) is 14.9. The highest BCUT2D eigenvalue weighted by Gasteiger charge is 2.30. The Kier molecular flexibility index (Phi) is 9.40. The summed E-state index contributed by atoms with van der Waals surface area (Å²) in [6.07, 6.45) is 2.42. The van der Waals surface area contributed by atoms with E-state index in [-0.39, 0.29) is 29.3 Å². The Labute approximate surface area is 224 Å². The lowest BCUT2D eigenvalue weighted by Gasteiger charge is -2.30. The van der Waals surface area contributed by atoms with Gasteiger partial charge in [0, 0.05) is 36.6 Å². The second kappa shape index (κ2) is 12.1. The first kappa shape index (κ1) is 29.4. The zero-order valence-corrected chi connectivity index (χ0v) is 23.5. The molecule has 0 unspecified atom stereocenters. The highest BCUT2D eigenvalue weighted by molar-refractivity contribution is 7.90. The summed E-state index contributed by atoms with van der Waals surface area (Å²) in [5, 5.41) is 5.86. The van der Waals surface area contributed by atoms with E-state index in [1.807, 2.05) is 25.7 Å². The maximum Gasteiger partial charge on any atom is 0.252 e. The Balaban J connectivity index is 1.79. The molecule has 0 saturated carbocycles. The van der Waals surface area contributed by atoms with Crippen LogP contribution in [0, 0.1) is 11.2 Å². The SMILES string of the molecule is COc1cccc(C(=O)N[C@@H](CC(C)(C)C)C(=O)N[C@@H](CCS(C)(=O)=O)CN2CCc3cc(F)ccc32)c1. The van der Waals surface area contributed by atoms with Crippen molar-refractivity contribution < 1.29 is 27.1 Å². The van der Waals surface area contributed by atoms with Crippen molar-refractivity contribution in [2.45, 2.75) is 52.1 Å². The summed E-state index contributed by atoms with van der Waals surface area (Å²) in [6.45, 7) is 6.94. The Morgan fingerprint density at radius 2 is 1.87 bits per heavy atom. The molecule has 2 aromatic rings. The maximum absolute atomic E-state index is 13.7. The summed E-state index contributed by atoms with van der Waals surface area (Å²) < 4.78 is 42.8. The molecule has 208 valence electrons. The zero-order valence-electron chi connectivity index (χ0n) is 22.7. The molecule has 2 atom stereocenters. The molecule has 2 amide bonds. The van der Waals surface area contributed by atoms with Crippen LogP contribution in [0.2, 0.25) is 0 Å². The molecule has 10 heteroatoms. The van der Waals surface area contributed by atoms with Crippen molar-refractivity contribution in [3.8, 4) is 5.75 Å². The Morgan fingerprint density at radius 1 is 1.13 bits per heavy atom. The first-order chi connectivity index (χ1) is 17.7. The summed E-state index contributed by atoms with van der Waals surface area (Å²) in [4.78, 5) is 28.6. The van der Waals surface area contributed by atoms with Crippen molar-refractivity contribution in [3.05, 3.63) is 59.4 Å². The number of hydrogen-bond donors (Lipinski definition) is 2. The van der Waals surface area contributed by atoms with Crippen LogP contribution in [-0.4, -0.2) is 64.5 Å². The van der Waals surface area contributed by atoms with Crippen LogP contribution in [-0.2, 0) is 21.1 Å². The monoisotopic (exact) mass is 547 g/mol. The van der Waals surface area contributed by atoms with Gasteiger partial charge in [-0.3, -0.25) is 9.59 Å². The number of benzene rings is 2. The van der Waals surface area contributed by atoms with Gasteiger partial charge in [0.15, 0.2) is 0 Å². The third-order valence-electron chi connectivity index (χ3n) is 6.43. The van der Waals surface area contributed by atoms with E-state index in [9.17, 15) is 22.4 Å². The van der Waals surface area contributed by atoms with Crippen molar-refractivity contribution in [1.29, 1.82) is 0 Å². The minimum absolute atomic E-state index is 0.0951. The summed E-state index contributed by atoms with van der Waals surface area (Å²) in [5.74, 6) is -0.655. The number of halogens is 1. The maximum atomic E-state index is 13.7. The van der Waals surface area contributed by atoms with Gasteiger partial charge in [-0.15, -0.1) is 0 Å². The molecular formula is C28H38FN3O5S. The summed E-state index contributed by atoms with van der Waals surface area (Å²) in [5.41, 5.74) is 1.85. The molecule has 0 radical (unpaired) electrons. The fraction of sp³-hybridized carbons (Fsp3) is 0.500. The minimum Gasteiger partial charge on any atom is -0.497 e. The number of nitrogens with one attached hydrogen (secondary N) is 2. The van der Waals surface area contributed by atoms with Gasteiger partial charge in [-0.25, -0.2) is 12.8 Å². The van der Waals surface area contributed by atoms with Crippen LogP contribution >= 0.6 is 0 Å². The fourth-order valence-corrected chi connectivity index (χ4v) is 5.30. The van der Waals surface area contributed by atoms with Crippen molar-refractivity contribution in [3.63, 3.8) is 0 Å². The Bertz CT molecular complexity index is 1260. The molecule has 8 nitrogen and oxygen atoms in total. The number of sulfone groups is 1.